The topological polar surface area (TPSA) is 109 Å². The molecule has 37 heavy (non-hydrogen) atoms. The van der Waals surface area contributed by atoms with Gasteiger partial charge in [0.05, 0.1) is 27.7 Å². The van der Waals surface area contributed by atoms with Gasteiger partial charge in [0.25, 0.3) is 5.91 Å². The van der Waals surface area contributed by atoms with Gasteiger partial charge >= 0.3 is 6.03 Å². The molecular weight excluding hydrogens is 515 g/mol. The number of nitrogens with one attached hydrogen (secondary N) is 2. The van der Waals surface area contributed by atoms with Gasteiger partial charge in [0.2, 0.25) is 0 Å². The van der Waals surface area contributed by atoms with Crippen LogP contribution in [0.1, 0.15) is 53.4 Å². The Morgan fingerprint density at radius 1 is 1.05 bits per heavy atom. The predicted octanol–water partition coefficient (Wildman–Crippen LogP) is 6.82. The fraction of sp³-hybridized carbons (Fsp3) is 0.222. The molecule has 1 aliphatic rings. The van der Waals surface area contributed by atoms with Gasteiger partial charge in [0.1, 0.15) is 5.75 Å². The monoisotopic (exact) mass is 538 g/mol. The maximum absolute atomic E-state index is 13.2. The molecule has 2 amide bonds. The van der Waals surface area contributed by atoms with Crippen LogP contribution in [0.25, 0.3) is 11.3 Å². The van der Waals surface area contributed by atoms with Crippen molar-refractivity contribution < 1.29 is 19.1 Å². The van der Waals surface area contributed by atoms with Crippen LogP contribution in [0.3, 0.4) is 0 Å². The van der Waals surface area contributed by atoms with Gasteiger partial charge in [-0.1, -0.05) is 42.1 Å². The Kier molecular flexibility index (Phi) is 7.21. The summed E-state index contributed by atoms with van der Waals surface area (Å²) in [6, 6.07) is 14.6. The van der Waals surface area contributed by atoms with E-state index in [1.807, 2.05) is 6.07 Å². The summed E-state index contributed by atoms with van der Waals surface area (Å²) >= 11 is 12.1. The van der Waals surface area contributed by atoms with Crippen molar-refractivity contribution in [2.45, 2.75) is 38.1 Å². The quantitative estimate of drug-likeness (QED) is 0.249. The molecule has 2 heterocycles. The minimum absolute atomic E-state index is 0.0731. The van der Waals surface area contributed by atoms with E-state index in [2.05, 4.69) is 15.7 Å². The molecule has 0 bridgehead atoms. The molecule has 0 unspecified atom stereocenters. The zero-order chi connectivity index (χ0) is 25.9. The highest BCUT2D eigenvalue weighted by atomic mass is 35.5. The van der Waals surface area contributed by atoms with Gasteiger partial charge in [-0.15, -0.1) is 0 Å². The lowest BCUT2D eigenvalue weighted by Gasteiger charge is -2.12. The molecule has 2 aromatic carbocycles. The number of halogens is 2. The summed E-state index contributed by atoms with van der Waals surface area (Å²) in [5.74, 6) is -0.138. The number of anilines is 1. The first kappa shape index (κ1) is 24.9. The summed E-state index contributed by atoms with van der Waals surface area (Å²) in [5, 5.41) is 21.7. The third-order valence-corrected chi connectivity index (χ3v) is 7.15. The van der Waals surface area contributed by atoms with E-state index >= 15 is 0 Å². The van der Waals surface area contributed by atoms with E-state index in [1.165, 1.54) is 17.0 Å². The molecule has 1 fully saturated rings. The molecule has 0 spiro atoms. The molecule has 4 aromatic rings. The Labute approximate surface area is 223 Å². The zero-order valence-corrected chi connectivity index (χ0v) is 21.2. The van der Waals surface area contributed by atoms with Crippen LogP contribution in [0.4, 0.5) is 10.5 Å². The number of phenolic OH excluding ortho intramolecular Hbond substituents is 1. The first-order valence-electron chi connectivity index (χ1n) is 11.9. The minimum Gasteiger partial charge on any atom is -0.507 e. The largest absolute Gasteiger partial charge is 0.507 e. The number of benzene rings is 2. The zero-order valence-electron chi connectivity index (χ0n) is 19.7. The van der Waals surface area contributed by atoms with Crippen molar-refractivity contribution in [2.75, 3.05) is 5.32 Å². The number of hydrogen-bond donors (Lipinski definition) is 3. The third-order valence-electron chi connectivity index (χ3n) is 6.41. The number of carbonyl (C=O) groups excluding carboxylic acids is 2. The average Bonchev–Trinajstić information content (AvgIpc) is 3.66. The smallest absolute Gasteiger partial charge is 0.342 e. The van der Waals surface area contributed by atoms with E-state index < -0.39 is 5.91 Å². The Morgan fingerprint density at radius 3 is 2.57 bits per heavy atom. The molecule has 190 valence electrons. The first-order chi connectivity index (χ1) is 17.9. The number of hydrogen-bond acceptors (Lipinski definition) is 5. The minimum atomic E-state index is -0.427. The van der Waals surface area contributed by atoms with Gasteiger partial charge < -0.3 is 20.2 Å². The van der Waals surface area contributed by atoms with Gasteiger partial charge in [-0.05, 0) is 60.9 Å². The van der Waals surface area contributed by atoms with Crippen LogP contribution in [0.5, 0.6) is 5.75 Å². The normalized spacial score (nSPS) is 13.6. The standard InChI is InChI=1S/C27H24Cl2N4O4/c28-20-10-7-16(12-21(20)29)15-30-27(36)33-23(17-4-1-2-5-17)14-22(32-33)19-9-8-18(13-24(19)34)31-26(35)25-6-3-11-37-25/h3,6-14,17,34H,1-2,4-5,15H2,(H,30,36)(H,31,35). The lowest BCUT2D eigenvalue weighted by atomic mass is 10.0. The second-order valence-electron chi connectivity index (χ2n) is 8.92. The highest BCUT2D eigenvalue weighted by Crippen LogP contribution is 2.38. The van der Waals surface area contributed by atoms with E-state index in [-0.39, 0.29) is 30.0 Å². The van der Waals surface area contributed by atoms with E-state index in [9.17, 15) is 14.7 Å². The maximum Gasteiger partial charge on any atom is 0.342 e. The molecule has 0 aliphatic heterocycles. The second kappa shape index (κ2) is 10.7. The predicted molar refractivity (Wildman–Crippen MR) is 141 cm³/mol. The van der Waals surface area contributed by atoms with E-state index in [4.69, 9.17) is 27.6 Å². The van der Waals surface area contributed by atoms with Crippen LogP contribution < -0.4 is 10.6 Å². The average molecular weight is 539 g/mol. The summed E-state index contributed by atoms with van der Waals surface area (Å²) < 4.78 is 6.48. The molecular formula is C27H24Cl2N4O4. The fourth-order valence-corrected chi connectivity index (χ4v) is 4.85. The fourth-order valence-electron chi connectivity index (χ4n) is 4.53. The van der Waals surface area contributed by atoms with Crippen molar-refractivity contribution in [1.82, 2.24) is 15.1 Å². The van der Waals surface area contributed by atoms with Crippen LogP contribution >= 0.6 is 23.2 Å². The lowest BCUT2D eigenvalue weighted by molar-refractivity contribution is 0.0996. The Bertz CT molecular complexity index is 1440. The molecule has 2 aromatic heterocycles. The molecule has 0 radical (unpaired) electrons. The van der Waals surface area contributed by atoms with Crippen molar-refractivity contribution in [1.29, 1.82) is 0 Å². The summed E-state index contributed by atoms with van der Waals surface area (Å²) in [4.78, 5) is 25.4. The third kappa shape index (κ3) is 5.50. The van der Waals surface area contributed by atoms with Crippen LogP contribution in [-0.2, 0) is 6.54 Å². The molecule has 3 N–H and O–H groups in total. The van der Waals surface area contributed by atoms with Crippen molar-refractivity contribution in [3.05, 3.63) is 87.9 Å². The van der Waals surface area contributed by atoms with Crippen molar-refractivity contribution in [3.63, 3.8) is 0 Å². The highest BCUT2D eigenvalue weighted by molar-refractivity contribution is 6.42. The molecule has 8 nitrogen and oxygen atoms in total. The molecule has 1 saturated carbocycles. The number of phenols is 1. The Morgan fingerprint density at radius 2 is 1.86 bits per heavy atom. The number of rotatable bonds is 6. The second-order valence-corrected chi connectivity index (χ2v) is 9.73. The molecule has 1 aliphatic carbocycles. The Hall–Kier alpha value is -3.75. The van der Waals surface area contributed by atoms with Crippen molar-refractivity contribution in [2.24, 2.45) is 0 Å². The van der Waals surface area contributed by atoms with Crippen LogP contribution in [0.2, 0.25) is 10.0 Å². The van der Waals surface area contributed by atoms with Crippen LogP contribution in [0.15, 0.2) is 65.3 Å². The number of furan rings is 1. The van der Waals surface area contributed by atoms with Crippen LogP contribution in [0, 0.1) is 0 Å². The van der Waals surface area contributed by atoms with Gasteiger partial charge in [0, 0.05) is 29.8 Å². The number of aromatic nitrogens is 2. The van der Waals surface area contributed by atoms with Crippen LogP contribution in [-0.4, -0.2) is 26.8 Å². The number of aromatic hydroxyl groups is 1. The number of amides is 2. The van der Waals surface area contributed by atoms with E-state index in [0.29, 0.717) is 27.0 Å². The molecule has 10 heteroatoms. The lowest BCUT2D eigenvalue weighted by Crippen LogP contribution is -2.30. The van der Waals surface area contributed by atoms with Crippen molar-refractivity contribution >= 4 is 40.8 Å². The number of carbonyl (C=O) groups is 2. The van der Waals surface area contributed by atoms with Crippen molar-refractivity contribution in [3.8, 4) is 17.0 Å². The summed E-state index contributed by atoms with van der Waals surface area (Å²) in [5.41, 5.74) is 2.92. The number of nitrogens with zero attached hydrogens (tertiary/aromatic N) is 2. The molecule has 0 saturated heterocycles. The van der Waals surface area contributed by atoms with Gasteiger partial charge in [-0.2, -0.15) is 9.78 Å². The first-order valence-corrected chi connectivity index (χ1v) is 12.6. The van der Waals surface area contributed by atoms with Gasteiger partial charge in [-0.3, -0.25) is 4.79 Å². The Balaban J connectivity index is 1.38. The summed E-state index contributed by atoms with van der Waals surface area (Å²) in [6.45, 7) is 0.254. The van der Waals surface area contributed by atoms with E-state index in [1.54, 1.807) is 42.5 Å². The SMILES string of the molecule is O=C(Nc1ccc(-c2cc(C3CCCC3)n(C(=O)NCc3ccc(Cl)c(Cl)c3)n2)c(O)c1)c1ccco1. The van der Waals surface area contributed by atoms with E-state index in [0.717, 1.165) is 36.9 Å². The van der Waals surface area contributed by atoms with Gasteiger partial charge in [0.15, 0.2) is 5.76 Å². The highest BCUT2D eigenvalue weighted by Gasteiger charge is 2.26. The molecule has 5 rings (SSSR count). The van der Waals surface area contributed by atoms with Gasteiger partial charge in [-0.25, -0.2) is 4.79 Å². The molecule has 0 atom stereocenters. The summed E-state index contributed by atoms with van der Waals surface area (Å²) in [6.07, 6.45) is 5.52. The summed E-state index contributed by atoms with van der Waals surface area (Å²) in [7, 11) is 0. The maximum atomic E-state index is 13.2.